The van der Waals surface area contributed by atoms with Crippen LogP contribution in [-0.4, -0.2) is 56.9 Å². The van der Waals surface area contributed by atoms with Crippen LogP contribution in [0.4, 0.5) is 0 Å². The van der Waals surface area contributed by atoms with Gasteiger partial charge in [-0.15, -0.1) is 0 Å². The van der Waals surface area contributed by atoms with Crippen LogP contribution in [0, 0.1) is 0 Å². The molecule has 0 fully saturated rings. The first-order valence-corrected chi connectivity index (χ1v) is 3.91. The number of hydrogen-bond donors (Lipinski definition) is 0. The Labute approximate surface area is 108 Å². The van der Waals surface area contributed by atoms with Gasteiger partial charge in [-0.2, -0.15) is 0 Å². The molecule has 0 heterocycles. The van der Waals surface area contributed by atoms with Crippen molar-refractivity contribution in [2.24, 2.45) is 0 Å². The van der Waals surface area contributed by atoms with Crippen LogP contribution >= 0.6 is 0 Å². The fourth-order valence-corrected chi connectivity index (χ4v) is 0.854. The van der Waals surface area contributed by atoms with Crippen molar-refractivity contribution in [3.63, 3.8) is 0 Å². The zero-order valence-corrected chi connectivity index (χ0v) is 6.74. The van der Waals surface area contributed by atoms with Gasteiger partial charge in [0.15, 0.2) is 0 Å². The summed E-state index contributed by atoms with van der Waals surface area (Å²) in [5.41, 5.74) is 0. The summed E-state index contributed by atoms with van der Waals surface area (Å²) in [5, 5.41) is 0. The Morgan fingerprint density at radius 1 is 0.700 bits per heavy atom. The van der Waals surface area contributed by atoms with Crippen molar-refractivity contribution < 1.29 is 5.48 Å². The number of hydrogen-bond acceptors (Lipinski definition) is 0. The second-order valence-electron chi connectivity index (χ2n) is 2.41. The van der Waals surface area contributed by atoms with E-state index in [0.717, 1.165) is 0 Å². The zero-order chi connectivity index (χ0) is 6.24. The predicted octanol–water partition coefficient (Wildman–Crippen LogP) is 1.89. The first-order valence-electron chi connectivity index (χ1n) is 3.91. The van der Waals surface area contributed by atoms with Crippen LogP contribution in [0.15, 0.2) is 0 Å². The van der Waals surface area contributed by atoms with Gasteiger partial charge in [0.1, 0.15) is 0 Å². The third-order valence-electron chi connectivity index (χ3n) is 1.46. The summed E-state index contributed by atoms with van der Waals surface area (Å²) in [6.07, 6.45) is 8.49. The molecule has 0 aliphatic carbocycles. The molecule has 60 valence electrons. The average Bonchev–Trinajstić information content (AvgIpc) is 1.81. The molecule has 0 atom stereocenters. The summed E-state index contributed by atoms with van der Waals surface area (Å²) in [6, 6.07) is 0. The Bertz CT molecular complexity index is 34.2. The van der Waals surface area contributed by atoms with E-state index >= 15 is 0 Å². The van der Waals surface area contributed by atoms with Crippen molar-refractivity contribution in [2.75, 3.05) is 0 Å². The molecule has 0 amide bonds. The van der Waals surface area contributed by atoms with Gasteiger partial charge in [0, 0.05) is 0 Å². The van der Waals surface area contributed by atoms with Crippen LogP contribution in [0.1, 0.15) is 52.4 Å². The van der Waals surface area contributed by atoms with Crippen LogP contribution in [0.2, 0.25) is 0 Å². The second kappa shape index (κ2) is 16.9. The molecule has 0 aliphatic rings. The molecule has 0 saturated heterocycles. The minimum atomic E-state index is 0. The molecule has 0 aromatic carbocycles. The first kappa shape index (κ1) is 17.6. The molecule has 0 unspecified atom stereocenters. The van der Waals surface area contributed by atoms with Crippen LogP contribution in [0.5, 0.6) is 0 Å². The monoisotopic (exact) mass is 172 g/mol. The molecular weight excluding hydrogens is 151 g/mol. The number of rotatable bonds is 5. The summed E-state index contributed by atoms with van der Waals surface area (Å²) >= 11 is 0. The van der Waals surface area contributed by atoms with E-state index in [1.54, 1.807) is 0 Å². The van der Waals surface area contributed by atoms with Gasteiger partial charge in [-0.05, 0) is 0 Å². The molecule has 0 aromatic rings. The van der Waals surface area contributed by atoms with E-state index in [4.69, 9.17) is 0 Å². The van der Waals surface area contributed by atoms with E-state index in [2.05, 4.69) is 13.8 Å². The van der Waals surface area contributed by atoms with Crippen molar-refractivity contribution in [1.82, 2.24) is 0 Å². The van der Waals surface area contributed by atoms with E-state index in [-0.39, 0.29) is 56.9 Å². The summed E-state index contributed by atoms with van der Waals surface area (Å²) in [7, 11) is 0. The fourth-order valence-electron chi connectivity index (χ4n) is 0.854. The summed E-state index contributed by atoms with van der Waals surface area (Å²) in [6.45, 7) is 4.51. The van der Waals surface area contributed by atoms with Crippen LogP contribution in [0.3, 0.4) is 0 Å². The first-order chi connectivity index (χ1) is 3.91. The van der Waals surface area contributed by atoms with Crippen molar-refractivity contribution >= 4 is 51.4 Å². The van der Waals surface area contributed by atoms with Crippen molar-refractivity contribution in [3.8, 4) is 0 Å². The summed E-state index contributed by atoms with van der Waals surface area (Å²) in [5.74, 6) is 0. The maximum absolute atomic E-state index is 2.26. The van der Waals surface area contributed by atoms with Gasteiger partial charge in [-0.1, -0.05) is 52.4 Å². The molecule has 1 nitrogen and oxygen atoms in total. The third-order valence-corrected chi connectivity index (χ3v) is 1.46. The molecule has 10 heavy (non-hydrogen) atoms. The predicted molar refractivity (Wildman–Crippen MR) is 49.8 cm³/mol. The molecule has 0 saturated carbocycles. The van der Waals surface area contributed by atoms with E-state index in [0.29, 0.717) is 0 Å². The Hall–Kier alpha value is 1.60. The van der Waals surface area contributed by atoms with Gasteiger partial charge in [-0.3, -0.25) is 0 Å². The SMILES string of the molecule is CCCCCCCC.O.[KH]. The Morgan fingerprint density at radius 3 is 1.20 bits per heavy atom. The van der Waals surface area contributed by atoms with E-state index < -0.39 is 0 Å². The minimum absolute atomic E-state index is 0. The van der Waals surface area contributed by atoms with Gasteiger partial charge in [0.2, 0.25) is 0 Å². The van der Waals surface area contributed by atoms with E-state index in [9.17, 15) is 0 Å². The molecule has 0 aliphatic heterocycles. The van der Waals surface area contributed by atoms with Crippen molar-refractivity contribution in [1.29, 1.82) is 0 Å². The Balaban J connectivity index is -0.000000245. The fraction of sp³-hybridized carbons (Fsp3) is 1.00. The molecule has 0 aromatic heterocycles. The van der Waals surface area contributed by atoms with Crippen LogP contribution < -0.4 is 0 Å². The topological polar surface area (TPSA) is 31.5 Å². The Morgan fingerprint density at radius 2 is 1.00 bits per heavy atom. The zero-order valence-electron chi connectivity index (χ0n) is 6.74. The quantitative estimate of drug-likeness (QED) is 0.448. The normalized spacial score (nSPS) is 7.80. The molecule has 0 bridgehead atoms. The summed E-state index contributed by atoms with van der Waals surface area (Å²) in [4.78, 5) is 0. The standard InChI is InChI=1S/C8H18.K.H2O.H/c1-3-5-7-8-6-4-2;;;/h3-8H2,1-2H3;;1H2;. The van der Waals surface area contributed by atoms with Crippen molar-refractivity contribution in [3.05, 3.63) is 0 Å². The average molecular weight is 172 g/mol. The molecule has 2 N–H and O–H groups in total. The van der Waals surface area contributed by atoms with Gasteiger partial charge in [0.05, 0.1) is 0 Å². The molecule has 0 spiro atoms. The molecule has 2 heteroatoms. The molecule has 0 radical (unpaired) electrons. The number of unbranched alkanes of at least 4 members (excludes halogenated alkanes) is 5. The van der Waals surface area contributed by atoms with Gasteiger partial charge < -0.3 is 5.48 Å². The molecular formula is C8H21KO. The van der Waals surface area contributed by atoms with Gasteiger partial charge in [0.25, 0.3) is 0 Å². The molecule has 0 rings (SSSR count). The third kappa shape index (κ3) is 16.3. The Kier molecular flexibility index (Phi) is 29.8. The van der Waals surface area contributed by atoms with E-state index in [1.165, 1.54) is 38.5 Å². The second-order valence-corrected chi connectivity index (χ2v) is 2.41. The maximum atomic E-state index is 2.26. The van der Waals surface area contributed by atoms with Crippen molar-refractivity contribution in [2.45, 2.75) is 52.4 Å². The van der Waals surface area contributed by atoms with Crippen LogP contribution in [0.25, 0.3) is 0 Å². The van der Waals surface area contributed by atoms with Gasteiger partial charge >= 0.3 is 51.4 Å². The van der Waals surface area contributed by atoms with Crippen LogP contribution in [-0.2, 0) is 0 Å². The van der Waals surface area contributed by atoms with Gasteiger partial charge in [-0.25, -0.2) is 0 Å². The van der Waals surface area contributed by atoms with E-state index in [1.807, 2.05) is 0 Å². The summed E-state index contributed by atoms with van der Waals surface area (Å²) < 4.78 is 0.